The van der Waals surface area contributed by atoms with Crippen LogP contribution in [0.25, 0.3) is 0 Å². The van der Waals surface area contributed by atoms with Crippen molar-refractivity contribution >= 4 is 40.0 Å². The number of aryl methyl sites for hydroxylation is 2. The zero-order valence-corrected chi connectivity index (χ0v) is 12.2. The number of carbonyl (C=O) groups is 1. The van der Waals surface area contributed by atoms with Gasteiger partial charge in [0.1, 0.15) is 0 Å². The van der Waals surface area contributed by atoms with Gasteiger partial charge < -0.3 is 11.1 Å². The summed E-state index contributed by atoms with van der Waals surface area (Å²) in [5.74, 6) is 0.340. The topological polar surface area (TPSA) is 72.9 Å². The van der Waals surface area contributed by atoms with E-state index in [1.807, 2.05) is 18.2 Å². The molecule has 0 saturated carbocycles. The van der Waals surface area contributed by atoms with E-state index in [-0.39, 0.29) is 5.91 Å². The number of nitrogen functional groups attached to an aromatic ring is 1. The molecule has 0 atom stereocenters. The number of halogens is 1. The SMILES string of the molecule is Cc1nn(C)c(NC(=O)c2ccccc2I)c1N. The lowest BCUT2D eigenvalue weighted by Crippen LogP contribution is -2.16. The first-order valence-electron chi connectivity index (χ1n) is 5.35. The minimum Gasteiger partial charge on any atom is -0.394 e. The number of rotatable bonds is 2. The van der Waals surface area contributed by atoms with Crippen LogP contribution in [0.2, 0.25) is 0 Å². The Bertz CT molecular complexity index is 606. The predicted octanol–water partition coefficient (Wildman–Crippen LogP) is 2.17. The molecule has 0 spiro atoms. The molecule has 3 N–H and O–H groups in total. The Balaban J connectivity index is 2.30. The minimum atomic E-state index is -0.185. The Labute approximate surface area is 119 Å². The highest BCUT2D eigenvalue weighted by Gasteiger charge is 2.15. The minimum absolute atomic E-state index is 0.185. The molecule has 1 aromatic heterocycles. The normalized spacial score (nSPS) is 10.4. The third-order valence-corrected chi connectivity index (χ3v) is 3.56. The van der Waals surface area contributed by atoms with E-state index in [2.05, 4.69) is 33.0 Å². The van der Waals surface area contributed by atoms with Crippen molar-refractivity contribution < 1.29 is 4.79 Å². The van der Waals surface area contributed by atoms with Crippen molar-refractivity contribution in [1.29, 1.82) is 0 Å². The summed E-state index contributed by atoms with van der Waals surface area (Å²) < 4.78 is 2.46. The number of nitrogens with one attached hydrogen (secondary N) is 1. The lowest BCUT2D eigenvalue weighted by molar-refractivity contribution is 0.102. The molecule has 6 heteroatoms. The first-order valence-corrected chi connectivity index (χ1v) is 6.43. The number of carbonyl (C=O) groups excluding carboxylic acids is 1. The summed E-state index contributed by atoms with van der Waals surface area (Å²) in [6, 6.07) is 7.37. The summed E-state index contributed by atoms with van der Waals surface area (Å²) in [5.41, 5.74) is 7.69. The fourth-order valence-corrected chi connectivity index (χ4v) is 2.28. The average molecular weight is 356 g/mol. The van der Waals surface area contributed by atoms with Crippen molar-refractivity contribution in [2.45, 2.75) is 6.92 Å². The highest BCUT2D eigenvalue weighted by atomic mass is 127. The van der Waals surface area contributed by atoms with E-state index in [0.29, 0.717) is 22.8 Å². The van der Waals surface area contributed by atoms with Gasteiger partial charge in [-0.1, -0.05) is 12.1 Å². The van der Waals surface area contributed by atoms with Crippen molar-refractivity contribution in [3.63, 3.8) is 0 Å². The summed E-state index contributed by atoms with van der Waals surface area (Å²) in [6.45, 7) is 1.80. The Morgan fingerprint density at radius 2 is 2.11 bits per heavy atom. The second kappa shape index (κ2) is 4.97. The number of nitrogens with two attached hydrogens (primary N) is 1. The van der Waals surface area contributed by atoms with Crippen molar-refractivity contribution in [3.05, 3.63) is 39.1 Å². The van der Waals surface area contributed by atoms with Gasteiger partial charge in [-0.3, -0.25) is 9.48 Å². The van der Waals surface area contributed by atoms with Crippen molar-refractivity contribution in [1.82, 2.24) is 9.78 Å². The van der Waals surface area contributed by atoms with Crippen molar-refractivity contribution in [2.24, 2.45) is 7.05 Å². The van der Waals surface area contributed by atoms with Crippen LogP contribution in [-0.4, -0.2) is 15.7 Å². The zero-order valence-electron chi connectivity index (χ0n) is 10.1. The van der Waals surface area contributed by atoms with Crippen LogP contribution in [-0.2, 0) is 7.05 Å². The van der Waals surface area contributed by atoms with Gasteiger partial charge in [-0.15, -0.1) is 0 Å². The maximum Gasteiger partial charge on any atom is 0.257 e. The van der Waals surface area contributed by atoms with E-state index in [4.69, 9.17) is 5.73 Å². The van der Waals surface area contributed by atoms with Gasteiger partial charge in [0.2, 0.25) is 0 Å². The second-order valence-electron chi connectivity index (χ2n) is 3.91. The lowest BCUT2D eigenvalue weighted by atomic mass is 10.2. The number of amides is 1. The van der Waals surface area contributed by atoms with E-state index in [9.17, 15) is 4.79 Å². The average Bonchev–Trinajstić information content (AvgIpc) is 2.56. The van der Waals surface area contributed by atoms with Crippen LogP contribution in [0.5, 0.6) is 0 Å². The van der Waals surface area contributed by atoms with Gasteiger partial charge in [0, 0.05) is 10.6 Å². The van der Waals surface area contributed by atoms with Crippen LogP contribution in [0.3, 0.4) is 0 Å². The number of hydrogen-bond acceptors (Lipinski definition) is 3. The van der Waals surface area contributed by atoms with Crippen LogP contribution < -0.4 is 11.1 Å². The molecule has 0 fully saturated rings. The first-order chi connectivity index (χ1) is 8.50. The number of nitrogens with zero attached hydrogens (tertiary/aromatic N) is 2. The third kappa shape index (κ3) is 2.33. The highest BCUT2D eigenvalue weighted by molar-refractivity contribution is 14.1. The van der Waals surface area contributed by atoms with Gasteiger partial charge in [-0.25, -0.2) is 0 Å². The molecule has 0 aliphatic carbocycles. The maximum absolute atomic E-state index is 12.1. The Morgan fingerprint density at radius 1 is 1.44 bits per heavy atom. The van der Waals surface area contributed by atoms with Gasteiger partial charge in [-0.05, 0) is 41.6 Å². The Morgan fingerprint density at radius 3 is 2.67 bits per heavy atom. The number of anilines is 2. The van der Waals surface area contributed by atoms with Gasteiger partial charge in [-0.2, -0.15) is 5.10 Å². The van der Waals surface area contributed by atoms with Crippen LogP contribution >= 0.6 is 22.6 Å². The smallest absolute Gasteiger partial charge is 0.257 e. The summed E-state index contributed by atoms with van der Waals surface area (Å²) in [5, 5.41) is 6.94. The highest BCUT2D eigenvalue weighted by Crippen LogP contribution is 2.22. The number of hydrogen-bond donors (Lipinski definition) is 2. The Hall–Kier alpha value is -1.57. The van der Waals surface area contributed by atoms with E-state index < -0.39 is 0 Å². The molecular formula is C12H13IN4O. The summed E-state index contributed by atoms with van der Waals surface area (Å²) in [7, 11) is 1.74. The molecule has 1 amide bonds. The summed E-state index contributed by atoms with van der Waals surface area (Å²) in [6.07, 6.45) is 0. The first kappa shape index (κ1) is 12.9. The fourth-order valence-electron chi connectivity index (χ4n) is 1.64. The third-order valence-electron chi connectivity index (χ3n) is 2.62. The molecule has 2 rings (SSSR count). The van der Waals surface area contributed by atoms with Crippen LogP contribution in [0, 0.1) is 10.5 Å². The quantitative estimate of drug-likeness (QED) is 0.810. The number of aromatic nitrogens is 2. The largest absolute Gasteiger partial charge is 0.394 e. The molecule has 0 radical (unpaired) electrons. The molecule has 0 aliphatic rings. The zero-order chi connectivity index (χ0) is 13.3. The molecule has 1 heterocycles. The molecule has 5 nitrogen and oxygen atoms in total. The van der Waals surface area contributed by atoms with Gasteiger partial charge in [0.05, 0.1) is 16.9 Å². The molecule has 18 heavy (non-hydrogen) atoms. The van der Waals surface area contributed by atoms with Crippen LogP contribution in [0.15, 0.2) is 24.3 Å². The monoisotopic (exact) mass is 356 g/mol. The summed E-state index contributed by atoms with van der Waals surface area (Å²) >= 11 is 2.13. The lowest BCUT2D eigenvalue weighted by Gasteiger charge is -2.07. The van der Waals surface area contributed by atoms with E-state index in [1.165, 1.54) is 0 Å². The van der Waals surface area contributed by atoms with Crippen LogP contribution in [0.4, 0.5) is 11.5 Å². The van der Waals surface area contributed by atoms with Gasteiger partial charge >= 0.3 is 0 Å². The van der Waals surface area contributed by atoms with Gasteiger partial charge in [0.15, 0.2) is 5.82 Å². The van der Waals surface area contributed by atoms with Crippen LogP contribution in [0.1, 0.15) is 16.1 Å². The summed E-state index contributed by atoms with van der Waals surface area (Å²) in [4.78, 5) is 12.1. The fraction of sp³-hybridized carbons (Fsp3) is 0.167. The van der Waals surface area contributed by atoms with E-state index in [0.717, 1.165) is 3.57 Å². The molecule has 0 saturated heterocycles. The Kier molecular flexibility index (Phi) is 3.55. The second-order valence-corrected chi connectivity index (χ2v) is 5.07. The molecule has 0 unspecified atom stereocenters. The molecule has 0 bridgehead atoms. The standard InChI is InChI=1S/C12H13IN4O/c1-7-10(14)11(17(2)16-7)15-12(18)8-5-3-4-6-9(8)13/h3-6H,14H2,1-2H3,(H,15,18). The molecular weight excluding hydrogens is 343 g/mol. The maximum atomic E-state index is 12.1. The predicted molar refractivity (Wildman–Crippen MR) is 79.5 cm³/mol. The van der Waals surface area contributed by atoms with Crippen molar-refractivity contribution in [3.8, 4) is 0 Å². The van der Waals surface area contributed by atoms with Crippen molar-refractivity contribution in [2.75, 3.05) is 11.1 Å². The molecule has 94 valence electrons. The molecule has 2 aromatic rings. The molecule has 1 aromatic carbocycles. The number of benzene rings is 1. The van der Waals surface area contributed by atoms with E-state index >= 15 is 0 Å². The van der Waals surface area contributed by atoms with E-state index in [1.54, 1.807) is 24.7 Å². The molecule has 0 aliphatic heterocycles. The van der Waals surface area contributed by atoms with Gasteiger partial charge in [0.25, 0.3) is 5.91 Å².